The van der Waals surface area contributed by atoms with E-state index in [0.717, 1.165) is 24.3 Å². The molecule has 2 aromatic carbocycles. The van der Waals surface area contributed by atoms with E-state index in [9.17, 15) is 0 Å². The molecular formula is C20H20N2. The Morgan fingerprint density at radius 2 is 1.45 bits per heavy atom. The topological polar surface area (TPSA) is 24.9 Å². The van der Waals surface area contributed by atoms with E-state index in [1.807, 2.05) is 18.3 Å². The Morgan fingerprint density at radius 1 is 0.773 bits per heavy atom. The summed E-state index contributed by atoms with van der Waals surface area (Å²) in [7, 11) is 0. The highest BCUT2D eigenvalue weighted by atomic mass is 14.9. The first-order valence-corrected chi connectivity index (χ1v) is 7.68. The first kappa shape index (κ1) is 14.3. The smallest absolute Gasteiger partial charge is 0.0479 e. The summed E-state index contributed by atoms with van der Waals surface area (Å²) in [5.41, 5.74) is 3.61. The van der Waals surface area contributed by atoms with Crippen LogP contribution in [0.2, 0.25) is 0 Å². The van der Waals surface area contributed by atoms with E-state index in [-0.39, 0.29) is 0 Å². The highest BCUT2D eigenvalue weighted by Crippen LogP contribution is 2.26. The maximum atomic E-state index is 4.55. The molecule has 2 heteroatoms. The molecule has 1 heterocycles. The van der Waals surface area contributed by atoms with E-state index in [1.54, 1.807) is 0 Å². The van der Waals surface area contributed by atoms with Gasteiger partial charge in [-0.1, -0.05) is 54.6 Å². The molecular weight excluding hydrogens is 268 g/mol. The SMILES string of the molecule is c1ccc(NCC[C@H](c2ccccc2)c2ccccn2)cc1. The van der Waals surface area contributed by atoms with Crippen LogP contribution in [0.25, 0.3) is 0 Å². The molecule has 0 aliphatic carbocycles. The van der Waals surface area contributed by atoms with Crippen LogP contribution < -0.4 is 5.32 Å². The van der Waals surface area contributed by atoms with Crippen molar-refractivity contribution in [3.8, 4) is 0 Å². The molecule has 1 atom stereocenters. The highest BCUT2D eigenvalue weighted by Gasteiger charge is 2.14. The average molecular weight is 288 g/mol. The zero-order valence-electron chi connectivity index (χ0n) is 12.5. The van der Waals surface area contributed by atoms with E-state index in [1.165, 1.54) is 5.56 Å². The van der Waals surface area contributed by atoms with Crippen molar-refractivity contribution < 1.29 is 0 Å². The van der Waals surface area contributed by atoms with Crippen molar-refractivity contribution in [2.45, 2.75) is 12.3 Å². The van der Waals surface area contributed by atoms with Gasteiger partial charge in [0.2, 0.25) is 0 Å². The van der Waals surface area contributed by atoms with Crippen molar-refractivity contribution in [3.05, 3.63) is 96.3 Å². The maximum Gasteiger partial charge on any atom is 0.0479 e. The van der Waals surface area contributed by atoms with Crippen molar-refractivity contribution >= 4 is 5.69 Å². The minimum Gasteiger partial charge on any atom is -0.385 e. The number of rotatable bonds is 6. The van der Waals surface area contributed by atoms with Gasteiger partial charge in [-0.3, -0.25) is 4.98 Å². The molecule has 0 aliphatic rings. The van der Waals surface area contributed by atoms with Gasteiger partial charge in [0.1, 0.15) is 0 Å². The zero-order chi connectivity index (χ0) is 15.0. The van der Waals surface area contributed by atoms with Crippen LogP contribution in [-0.2, 0) is 0 Å². The molecule has 0 saturated heterocycles. The molecule has 0 unspecified atom stereocenters. The Kier molecular flexibility index (Phi) is 4.83. The fourth-order valence-electron chi connectivity index (χ4n) is 2.67. The molecule has 1 N–H and O–H groups in total. The molecule has 3 aromatic rings. The van der Waals surface area contributed by atoms with Crippen molar-refractivity contribution in [1.29, 1.82) is 0 Å². The quantitative estimate of drug-likeness (QED) is 0.710. The summed E-state index contributed by atoms with van der Waals surface area (Å²) < 4.78 is 0. The molecule has 2 nitrogen and oxygen atoms in total. The summed E-state index contributed by atoms with van der Waals surface area (Å²) in [6.45, 7) is 0.917. The number of benzene rings is 2. The molecule has 22 heavy (non-hydrogen) atoms. The van der Waals surface area contributed by atoms with Gasteiger partial charge < -0.3 is 5.32 Å². The lowest BCUT2D eigenvalue weighted by molar-refractivity contribution is 0.722. The van der Waals surface area contributed by atoms with Gasteiger partial charge in [0.25, 0.3) is 0 Å². The Bertz CT molecular complexity index is 626. The molecule has 0 amide bonds. The monoisotopic (exact) mass is 288 g/mol. The summed E-state index contributed by atoms with van der Waals surface area (Å²) in [4.78, 5) is 4.55. The van der Waals surface area contributed by atoms with Gasteiger partial charge in [-0.2, -0.15) is 0 Å². The van der Waals surface area contributed by atoms with Crippen LogP contribution in [0, 0.1) is 0 Å². The van der Waals surface area contributed by atoms with Gasteiger partial charge in [0.15, 0.2) is 0 Å². The number of hydrogen-bond donors (Lipinski definition) is 1. The van der Waals surface area contributed by atoms with Gasteiger partial charge in [-0.05, 0) is 36.2 Å². The average Bonchev–Trinajstić information content (AvgIpc) is 2.61. The largest absolute Gasteiger partial charge is 0.385 e. The third-order valence-corrected chi connectivity index (χ3v) is 3.78. The fourth-order valence-corrected chi connectivity index (χ4v) is 2.67. The number of nitrogens with one attached hydrogen (secondary N) is 1. The minimum absolute atomic E-state index is 0.318. The van der Waals surface area contributed by atoms with Crippen molar-refractivity contribution in [1.82, 2.24) is 4.98 Å². The normalized spacial score (nSPS) is 11.8. The van der Waals surface area contributed by atoms with Gasteiger partial charge in [-0.15, -0.1) is 0 Å². The van der Waals surface area contributed by atoms with E-state index in [0.29, 0.717) is 5.92 Å². The number of anilines is 1. The number of nitrogens with zero attached hydrogens (tertiary/aromatic N) is 1. The van der Waals surface area contributed by atoms with E-state index >= 15 is 0 Å². The molecule has 0 fully saturated rings. The van der Waals surface area contributed by atoms with E-state index in [4.69, 9.17) is 0 Å². The first-order chi connectivity index (χ1) is 10.9. The molecule has 1 aromatic heterocycles. The van der Waals surface area contributed by atoms with Crippen LogP contribution in [0.4, 0.5) is 5.69 Å². The second-order valence-electron chi connectivity index (χ2n) is 5.30. The second kappa shape index (κ2) is 7.41. The number of hydrogen-bond acceptors (Lipinski definition) is 2. The van der Waals surface area contributed by atoms with E-state index in [2.05, 4.69) is 77.0 Å². The summed E-state index contributed by atoms with van der Waals surface area (Å²) in [5.74, 6) is 0.318. The van der Waals surface area contributed by atoms with Crippen LogP contribution in [0.3, 0.4) is 0 Å². The Hall–Kier alpha value is -2.61. The van der Waals surface area contributed by atoms with Crippen LogP contribution in [-0.4, -0.2) is 11.5 Å². The first-order valence-electron chi connectivity index (χ1n) is 7.68. The number of aromatic nitrogens is 1. The van der Waals surface area contributed by atoms with Crippen molar-refractivity contribution in [2.75, 3.05) is 11.9 Å². The number of para-hydroxylation sites is 1. The number of pyridine rings is 1. The summed E-state index contributed by atoms with van der Waals surface area (Å²) in [6, 6.07) is 27.1. The van der Waals surface area contributed by atoms with Gasteiger partial charge in [0, 0.05) is 30.0 Å². The lowest BCUT2D eigenvalue weighted by atomic mass is 9.92. The van der Waals surface area contributed by atoms with Crippen LogP contribution in [0.1, 0.15) is 23.6 Å². The zero-order valence-corrected chi connectivity index (χ0v) is 12.5. The van der Waals surface area contributed by atoms with Gasteiger partial charge >= 0.3 is 0 Å². The van der Waals surface area contributed by atoms with E-state index < -0.39 is 0 Å². The lowest BCUT2D eigenvalue weighted by Gasteiger charge is -2.17. The summed E-state index contributed by atoms with van der Waals surface area (Å²) in [5, 5.41) is 3.49. The van der Waals surface area contributed by atoms with Gasteiger partial charge in [0.05, 0.1) is 0 Å². The third kappa shape index (κ3) is 3.73. The summed E-state index contributed by atoms with van der Waals surface area (Å²) in [6.07, 6.45) is 2.88. The molecule has 0 aliphatic heterocycles. The predicted molar refractivity (Wildman–Crippen MR) is 92.1 cm³/mol. The lowest BCUT2D eigenvalue weighted by Crippen LogP contribution is -2.10. The van der Waals surface area contributed by atoms with Gasteiger partial charge in [-0.25, -0.2) is 0 Å². The maximum absolute atomic E-state index is 4.55. The van der Waals surface area contributed by atoms with Crippen molar-refractivity contribution in [2.24, 2.45) is 0 Å². The predicted octanol–water partition coefficient (Wildman–Crippen LogP) is 4.72. The molecule has 110 valence electrons. The molecule has 0 spiro atoms. The van der Waals surface area contributed by atoms with Crippen LogP contribution in [0.15, 0.2) is 85.1 Å². The van der Waals surface area contributed by atoms with Crippen molar-refractivity contribution in [3.63, 3.8) is 0 Å². The molecule has 0 bridgehead atoms. The molecule has 0 radical (unpaired) electrons. The summed E-state index contributed by atoms with van der Waals surface area (Å²) >= 11 is 0. The highest BCUT2D eigenvalue weighted by molar-refractivity contribution is 5.42. The molecule has 0 saturated carbocycles. The van der Waals surface area contributed by atoms with Crippen LogP contribution >= 0.6 is 0 Å². The Balaban J connectivity index is 1.72. The second-order valence-corrected chi connectivity index (χ2v) is 5.30. The third-order valence-electron chi connectivity index (χ3n) is 3.78. The fraction of sp³-hybridized carbons (Fsp3) is 0.150. The van der Waals surface area contributed by atoms with Crippen LogP contribution in [0.5, 0.6) is 0 Å². The standard InChI is InChI=1S/C20H20N2/c1-3-9-17(10-4-1)19(20-13-7-8-15-22-20)14-16-21-18-11-5-2-6-12-18/h1-13,15,19,21H,14,16H2/t19-/m1/s1. The Labute approximate surface area is 131 Å². The molecule has 3 rings (SSSR count). The Morgan fingerprint density at radius 3 is 2.14 bits per heavy atom. The minimum atomic E-state index is 0.318.